The van der Waals surface area contributed by atoms with Crippen molar-refractivity contribution in [2.24, 2.45) is 5.92 Å². The van der Waals surface area contributed by atoms with Crippen molar-refractivity contribution in [1.29, 1.82) is 0 Å². The van der Waals surface area contributed by atoms with Gasteiger partial charge in [-0.1, -0.05) is 6.07 Å². The number of benzene rings is 1. The number of amides is 1. The van der Waals surface area contributed by atoms with Crippen LogP contribution in [0.5, 0.6) is 0 Å². The second-order valence-electron chi connectivity index (χ2n) is 5.15. The monoisotopic (exact) mass is 270 g/mol. The van der Waals surface area contributed by atoms with Crippen molar-refractivity contribution in [3.63, 3.8) is 0 Å². The summed E-state index contributed by atoms with van der Waals surface area (Å²) in [6.07, 6.45) is 5.60. The summed E-state index contributed by atoms with van der Waals surface area (Å²) in [5.74, 6) is 0.454. The first-order chi connectivity index (χ1) is 9.84. The second-order valence-corrected chi connectivity index (χ2v) is 5.15. The molecule has 1 aliphatic rings. The molecule has 2 N–H and O–H groups in total. The zero-order valence-electron chi connectivity index (χ0n) is 11.3. The standard InChI is InChI=1S/C15H18N4O/c20-15(19-10-11-3-2-6-16-9-11)12-4-1-5-13-14(12)18-8-7-17-13/h1,4-5,7-8,11,16H,2-3,6,9-10H2,(H,19,20). The number of nitrogens with zero attached hydrogens (tertiary/aromatic N) is 2. The summed E-state index contributed by atoms with van der Waals surface area (Å²) >= 11 is 0. The minimum absolute atomic E-state index is 0.0679. The number of hydrogen-bond donors (Lipinski definition) is 2. The average Bonchev–Trinajstić information content (AvgIpc) is 2.53. The van der Waals surface area contributed by atoms with Crippen molar-refractivity contribution < 1.29 is 4.79 Å². The number of aromatic nitrogens is 2. The van der Waals surface area contributed by atoms with Crippen LogP contribution in [0.2, 0.25) is 0 Å². The molecule has 0 saturated carbocycles. The van der Waals surface area contributed by atoms with Gasteiger partial charge in [0.25, 0.3) is 5.91 Å². The Bertz CT molecular complexity index is 602. The van der Waals surface area contributed by atoms with Gasteiger partial charge in [0.05, 0.1) is 11.1 Å². The molecule has 1 aliphatic heterocycles. The molecule has 104 valence electrons. The molecule has 0 bridgehead atoms. The van der Waals surface area contributed by atoms with Crippen LogP contribution in [0.3, 0.4) is 0 Å². The molecule has 1 unspecified atom stereocenters. The first-order valence-corrected chi connectivity index (χ1v) is 7.03. The van der Waals surface area contributed by atoms with E-state index in [4.69, 9.17) is 0 Å². The Balaban J connectivity index is 1.72. The van der Waals surface area contributed by atoms with Crippen LogP contribution < -0.4 is 10.6 Å². The van der Waals surface area contributed by atoms with E-state index in [9.17, 15) is 4.79 Å². The molecule has 0 spiro atoms. The Morgan fingerprint density at radius 1 is 1.35 bits per heavy atom. The van der Waals surface area contributed by atoms with Gasteiger partial charge in [0.1, 0.15) is 5.52 Å². The van der Waals surface area contributed by atoms with Crippen molar-refractivity contribution in [2.75, 3.05) is 19.6 Å². The predicted octanol–water partition coefficient (Wildman–Crippen LogP) is 1.36. The summed E-state index contributed by atoms with van der Waals surface area (Å²) in [7, 11) is 0. The second kappa shape index (κ2) is 5.96. The number of piperidine rings is 1. The van der Waals surface area contributed by atoms with Gasteiger partial charge in [-0.25, -0.2) is 0 Å². The van der Waals surface area contributed by atoms with E-state index in [0.29, 0.717) is 23.5 Å². The highest BCUT2D eigenvalue weighted by Crippen LogP contribution is 2.14. The third-order valence-electron chi connectivity index (χ3n) is 3.69. The van der Waals surface area contributed by atoms with Crippen LogP contribution in [0, 0.1) is 5.92 Å². The van der Waals surface area contributed by atoms with Crippen LogP contribution in [0.15, 0.2) is 30.6 Å². The van der Waals surface area contributed by atoms with Crippen molar-refractivity contribution in [3.8, 4) is 0 Å². The molecule has 1 aromatic heterocycles. The number of nitrogens with one attached hydrogen (secondary N) is 2. The van der Waals surface area contributed by atoms with Crippen molar-refractivity contribution >= 4 is 16.9 Å². The Hall–Kier alpha value is -2.01. The Labute approximate surface area is 117 Å². The van der Waals surface area contributed by atoms with E-state index in [1.807, 2.05) is 12.1 Å². The van der Waals surface area contributed by atoms with Crippen molar-refractivity contribution in [1.82, 2.24) is 20.6 Å². The third-order valence-corrected chi connectivity index (χ3v) is 3.69. The van der Waals surface area contributed by atoms with Crippen LogP contribution in [-0.4, -0.2) is 35.5 Å². The number of rotatable bonds is 3. The van der Waals surface area contributed by atoms with E-state index in [1.165, 1.54) is 12.8 Å². The van der Waals surface area contributed by atoms with E-state index in [-0.39, 0.29) is 5.91 Å². The summed E-state index contributed by atoms with van der Waals surface area (Å²) in [6, 6.07) is 5.50. The van der Waals surface area contributed by atoms with E-state index >= 15 is 0 Å². The summed E-state index contributed by atoms with van der Waals surface area (Å²) in [4.78, 5) is 20.8. The molecule has 1 amide bonds. The molecular weight excluding hydrogens is 252 g/mol. The lowest BCUT2D eigenvalue weighted by Crippen LogP contribution is -2.38. The fourth-order valence-electron chi connectivity index (χ4n) is 2.61. The quantitative estimate of drug-likeness (QED) is 0.883. The summed E-state index contributed by atoms with van der Waals surface area (Å²) in [5.41, 5.74) is 2.01. The van der Waals surface area contributed by atoms with Crippen LogP contribution >= 0.6 is 0 Å². The fraction of sp³-hybridized carbons (Fsp3) is 0.400. The maximum atomic E-state index is 12.3. The molecule has 0 radical (unpaired) electrons. The van der Waals surface area contributed by atoms with Gasteiger partial charge in [-0.05, 0) is 44.0 Å². The van der Waals surface area contributed by atoms with Gasteiger partial charge in [0.2, 0.25) is 0 Å². The molecule has 2 heterocycles. The zero-order chi connectivity index (χ0) is 13.8. The Kier molecular flexibility index (Phi) is 3.87. The van der Waals surface area contributed by atoms with E-state index in [0.717, 1.165) is 18.6 Å². The van der Waals surface area contributed by atoms with E-state index in [1.54, 1.807) is 18.5 Å². The SMILES string of the molecule is O=C(NCC1CCCNC1)c1cccc2nccnc12. The fourth-order valence-corrected chi connectivity index (χ4v) is 2.61. The van der Waals surface area contributed by atoms with Gasteiger partial charge in [-0.2, -0.15) is 0 Å². The van der Waals surface area contributed by atoms with Crippen molar-refractivity contribution in [3.05, 3.63) is 36.2 Å². The molecule has 5 nitrogen and oxygen atoms in total. The summed E-state index contributed by atoms with van der Waals surface area (Å²) in [6.45, 7) is 2.78. The van der Waals surface area contributed by atoms with Crippen LogP contribution in [-0.2, 0) is 0 Å². The molecule has 0 aliphatic carbocycles. The number of carbonyl (C=O) groups excluding carboxylic acids is 1. The zero-order valence-corrected chi connectivity index (χ0v) is 11.3. The van der Waals surface area contributed by atoms with Gasteiger partial charge in [0.15, 0.2) is 0 Å². The number of hydrogen-bond acceptors (Lipinski definition) is 4. The Morgan fingerprint density at radius 2 is 2.25 bits per heavy atom. The van der Waals surface area contributed by atoms with E-state index in [2.05, 4.69) is 20.6 Å². The maximum absolute atomic E-state index is 12.3. The molecule has 2 aromatic rings. The smallest absolute Gasteiger partial charge is 0.253 e. The molecule has 20 heavy (non-hydrogen) atoms. The molecule has 3 rings (SSSR count). The lowest BCUT2D eigenvalue weighted by molar-refractivity contribution is 0.0946. The summed E-state index contributed by atoms with van der Waals surface area (Å²) < 4.78 is 0. The van der Waals surface area contributed by atoms with Gasteiger partial charge in [-0.3, -0.25) is 14.8 Å². The molecule has 1 fully saturated rings. The Morgan fingerprint density at radius 3 is 3.10 bits per heavy atom. The van der Waals surface area contributed by atoms with Crippen LogP contribution in [0.4, 0.5) is 0 Å². The number of fused-ring (bicyclic) bond motifs is 1. The van der Waals surface area contributed by atoms with Crippen LogP contribution in [0.1, 0.15) is 23.2 Å². The lowest BCUT2D eigenvalue weighted by atomic mass is 9.99. The highest BCUT2D eigenvalue weighted by Gasteiger charge is 2.16. The molecule has 1 saturated heterocycles. The molecular formula is C15H18N4O. The largest absolute Gasteiger partial charge is 0.352 e. The van der Waals surface area contributed by atoms with Gasteiger partial charge in [0, 0.05) is 18.9 Å². The first kappa shape index (κ1) is 13.0. The van der Waals surface area contributed by atoms with Gasteiger partial charge in [-0.15, -0.1) is 0 Å². The third kappa shape index (κ3) is 2.77. The first-order valence-electron chi connectivity index (χ1n) is 7.03. The highest BCUT2D eigenvalue weighted by atomic mass is 16.1. The topological polar surface area (TPSA) is 66.9 Å². The minimum Gasteiger partial charge on any atom is -0.352 e. The molecule has 1 aromatic carbocycles. The summed E-state index contributed by atoms with van der Waals surface area (Å²) in [5, 5.41) is 6.37. The van der Waals surface area contributed by atoms with Gasteiger partial charge >= 0.3 is 0 Å². The van der Waals surface area contributed by atoms with Crippen molar-refractivity contribution in [2.45, 2.75) is 12.8 Å². The molecule has 5 heteroatoms. The number of para-hydroxylation sites is 1. The highest BCUT2D eigenvalue weighted by molar-refractivity contribution is 6.04. The van der Waals surface area contributed by atoms with Gasteiger partial charge < -0.3 is 10.6 Å². The normalized spacial score (nSPS) is 18.9. The maximum Gasteiger partial charge on any atom is 0.253 e. The van der Waals surface area contributed by atoms with E-state index < -0.39 is 0 Å². The predicted molar refractivity (Wildman–Crippen MR) is 77.5 cm³/mol. The molecule has 1 atom stereocenters. The lowest BCUT2D eigenvalue weighted by Gasteiger charge is -2.22. The minimum atomic E-state index is -0.0679. The van der Waals surface area contributed by atoms with Crippen LogP contribution in [0.25, 0.3) is 11.0 Å². The number of carbonyl (C=O) groups is 1. The average molecular weight is 270 g/mol.